The van der Waals surface area contributed by atoms with E-state index in [4.69, 9.17) is 0 Å². The van der Waals surface area contributed by atoms with Gasteiger partial charge in [-0.2, -0.15) is 0 Å². The minimum Gasteiger partial charge on any atom is -0.506 e. The number of carbonyl (C=O) groups excluding carboxylic acids is 1. The van der Waals surface area contributed by atoms with Gasteiger partial charge < -0.3 is 10.0 Å². The number of phenols is 1. The van der Waals surface area contributed by atoms with Gasteiger partial charge in [-0.25, -0.2) is 0 Å². The Bertz CT molecular complexity index is 646. The maximum Gasteiger partial charge on any atom is 0.257 e. The van der Waals surface area contributed by atoms with Gasteiger partial charge in [-0.3, -0.25) is 4.79 Å². The van der Waals surface area contributed by atoms with Crippen molar-refractivity contribution in [3.63, 3.8) is 0 Å². The fourth-order valence-electron chi connectivity index (χ4n) is 2.57. The molecule has 3 nitrogen and oxygen atoms in total. The van der Waals surface area contributed by atoms with Gasteiger partial charge in [0, 0.05) is 18.5 Å². The molecule has 1 aliphatic carbocycles. The highest BCUT2D eigenvalue weighted by Crippen LogP contribution is 2.32. The largest absolute Gasteiger partial charge is 0.506 e. The summed E-state index contributed by atoms with van der Waals surface area (Å²) in [6, 6.07) is 11.2. The van der Waals surface area contributed by atoms with Crippen molar-refractivity contribution in [2.75, 3.05) is 13.1 Å². The number of hydrogen-bond acceptors (Lipinski definition) is 2. The molecule has 0 unspecified atom stereocenters. The van der Waals surface area contributed by atoms with Gasteiger partial charge in [-0.05, 0) is 37.1 Å². The highest BCUT2D eigenvalue weighted by Gasteiger charge is 2.27. The van der Waals surface area contributed by atoms with E-state index >= 15 is 0 Å². The monoisotopic (exact) mass is 269 g/mol. The standard InChI is InChI=1S/C17H19NO2/c1-2-18(11-12-7-8-12)17(20)15-10-9-13-5-3-4-6-14(13)16(15)19/h3-6,9-10,12,19H,2,7-8,11H2,1H3. The summed E-state index contributed by atoms with van der Waals surface area (Å²) in [5, 5.41) is 12.1. The molecule has 0 bridgehead atoms. The molecule has 3 rings (SSSR count). The lowest BCUT2D eigenvalue weighted by Crippen LogP contribution is -2.32. The Kier molecular flexibility index (Phi) is 3.35. The number of benzene rings is 2. The van der Waals surface area contributed by atoms with Gasteiger partial charge in [-0.1, -0.05) is 30.3 Å². The third kappa shape index (κ3) is 2.36. The van der Waals surface area contributed by atoms with E-state index in [1.807, 2.05) is 42.2 Å². The Hall–Kier alpha value is -2.03. The molecule has 0 aliphatic heterocycles. The van der Waals surface area contributed by atoms with Crippen molar-refractivity contribution in [3.8, 4) is 5.75 Å². The third-order valence-electron chi connectivity index (χ3n) is 3.98. The first-order valence-corrected chi connectivity index (χ1v) is 7.20. The van der Waals surface area contributed by atoms with Gasteiger partial charge in [0.1, 0.15) is 5.75 Å². The minimum atomic E-state index is -0.0670. The maximum absolute atomic E-state index is 12.6. The summed E-state index contributed by atoms with van der Waals surface area (Å²) < 4.78 is 0. The smallest absolute Gasteiger partial charge is 0.257 e. The summed E-state index contributed by atoms with van der Waals surface area (Å²) in [6.07, 6.45) is 2.43. The van der Waals surface area contributed by atoms with Crippen molar-refractivity contribution in [3.05, 3.63) is 42.0 Å². The number of amides is 1. The molecule has 2 aromatic rings. The summed E-state index contributed by atoms with van der Waals surface area (Å²) in [5.74, 6) is 0.687. The molecular weight excluding hydrogens is 250 g/mol. The average molecular weight is 269 g/mol. The molecule has 0 aromatic heterocycles. The van der Waals surface area contributed by atoms with Crippen molar-refractivity contribution in [2.24, 2.45) is 5.92 Å². The number of phenolic OH excluding ortho intramolecular Hbond substituents is 1. The van der Waals surface area contributed by atoms with Gasteiger partial charge >= 0.3 is 0 Å². The topological polar surface area (TPSA) is 40.5 Å². The molecule has 2 aromatic carbocycles. The van der Waals surface area contributed by atoms with Gasteiger partial charge in [0.2, 0.25) is 0 Å². The van der Waals surface area contributed by atoms with E-state index in [1.165, 1.54) is 12.8 Å². The maximum atomic E-state index is 12.6. The lowest BCUT2D eigenvalue weighted by atomic mass is 10.0. The first kappa shape index (κ1) is 13.0. The van der Waals surface area contributed by atoms with Crippen molar-refractivity contribution >= 4 is 16.7 Å². The SMILES string of the molecule is CCN(CC1CC1)C(=O)c1ccc2ccccc2c1O. The minimum absolute atomic E-state index is 0.0670. The Morgan fingerprint density at radius 2 is 2.00 bits per heavy atom. The molecule has 1 saturated carbocycles. The zero-order chi connectivity index (χ0) is 14.1. The van der Waals surface area contributed by atoms with Crippen LogP contribution in [0.4, 0.5) is 0 Å². The van der Waals surface area contributed by atoms with E-state index in [1.54, 1.807) is 6.07 Å². The van der Waals surface area contributed by atoms with Crippen molar-refractivity contribution in [1.29, 1.82) is 0 Å². The van der Waals surface area contributed by atoms with E-state index < -0.39 is 0 Å². The third-order valence-corrected chi connectivity index (χ3v) is 3.98. The highest BCUT2D eigenvalue weighted by atomic mass is 16.3. The van der Waals surface area contributed by atoms with E-state index in [9.17, 15) is 9.90 Å². The van der Waals surface area contributed by atoms with Crippen LogP contribution >= 0.6 is 0 Å². The van der Waals surface area contributed by atoms with Gasteiger partial charge in [-0.15, -0.1) is 0 Å². The molecular formula is C17H19NO2. The number of rotatable bonds is 4. The van der Waals surface area contributed by atoms with Crippen LogP contribution in [0.15, 0.2) is 36.4 Å². The quantitative estimate of drug-likeness (QED) is 0.924. The Labute approximate surface area is 118 Å². The van der Waals surface area contributed by atoms with Crippen LogP contribution in [0.2, 0.25) is 0 Å². The first-order valence-electron chi connectivity index (χ1n) is 7.20. The van der Waals surface area contributed by atoms with Crippen LogP contribution in [0.25, 0.3) is 10.8 Å². The van der Waals surface area contributed by atoms with E-state index in [0.717, 1.165) is 17.3 Å². The van der Waals surface area contributed by atoms with Gasteiger partial charge in [0.25, 0.3) is 5.91 Å². The van der Waals surface area contributed by atoms with Crippen molar-refractivity contribution < 1.29 is 9.90 Å². The van der Waals surface area contributed by atoms with Crippen LogP contribution in [0.3, 0.4) is 0 Å². The fourth-order valence-corrected chi connectivity index (χ4v) is 2.57. The number of nitrogens with zero attached hydrogens (tertiary/aromatic N) is 1. The number of fused-ring (bicyclic) bond motifs is 1. The normalized spacial score (nSPS) is 14.4. The van der Waals surface area contributed by atoms with Crippen LogP contribution in [0.1, 0.15) is 30.1 Å². The molecule has 0 spiro atoms. The second-order valence-corrected chi connectivity index (χ2v) is 5.47. The predicted octanol–water partition coefficient (Wildman–Crippen LogP) is 3.42. The molecule has 0 atom stereocenters. The molecule has 1 fully saturated rings. The Balaban J connectivity index is 1.95. The van der Waals surface area contributed by atoms with Crippen LogP contribution in [0.5, 0.6) is 5.75 Å². The molecule has 3 heteroatoms. The van der Waals surface area contributed by atoms with Crippen LogP contribution in [0, 0.1) is 5.92 Å². The van der Waals surface area contributed by atoms with Crippen molar-refractivity contribution in [2.45, 2.75) is 19.8 Å². The van der Waals surface area contributed by atoms with Crippen LogP contribution in [-0.4, -0.2) is 29.0 Å². The summed E-state index contributed by atoms with van der Waals surface area (Å²) in [7, 11) is 0. The van der Waals surface area contributed by atoms with Crippen molar-refractivity contribution in [1.82, 2.24) is 4.90 Å². The Morgan fingerprint density at radius 1 is 1.25 bits per heavy atom. The van der Waals surface area contributed by atoms with E-state index in [-0.39, 0.29) is 11.7 Å². The summed E-state index contributed by atoms with van der Waals surface area (Å²) in [4.78, 5) is 14.4. The molecule has 20 heavy (non-hydrogen) atoms. The molecule has 1 N–H and O–H groups in total. The molecule has 104 valence electrons. The lowest BCUT2D eigenvalue weighted by Gasteiger charge is -2.21. The molecule has 1 aliphatic rings. The molecule has 0 saturated heterocycles. The highest BCUT2D eigenvalue weighted by molar-refractivity contribution is 6.03. The second kappa shape index (κ2) is 5.16. The van der Waals surface area contributed by atoms with Crippen LogP contribution in [-0.2, 0) is 0 Å². The second-order valence-electron chi connectivity index (χ2n) is 5.47. The fraction of sp³-hybridized carbons (Fsp3) is 0.353. The summed E-state index contributed by atoms with van der Waals surface area (Å²) in [5.41, 5.74) is 0.409. The first-order chi connectivity index (χ1) is 9.70. The summed E-state index contributed by atoms with van der Waals surface area (Å²) in [6.45, 7) is 3.47. The number of hydrogen-bond donors (Lipinski definition) is 1. The molecule has 0 heterocycles. The number of carbonyl (C=O) groups is 1. The van der Waals surface area contributed by atoms with Crippen LogP contribution < -0.4 is 0 Å². The van der Waals surface area contributed by atoms with E-state index in [2.05, 4.69) is 0 Å². The van der Waals surface area contributed by atoms with Gasteiger partial charge in [0.05, 0.1) is 5.56 Å². The molecule has 0 radical (unpaired) electrons. The lowest BCUT2D eigenvalue weighted by molar-refractivity contribution is 0.0754. The molecule has 1 amide bonds. The predicted molar refractivity (Wildman–Crippen MR) is 79.9 cm³/mol. The zero-order valence-corrected chi connectivity index (χ0v) is 11.7. The number of aromatic hydroxyl groups is 1. The average Bonchev–Trinajstić information content (AvgIpc) is 3.29. The van der Waals surface area contributed by atoms with E-state index in [0.29, 0.717) is 18.0 Å². The van der Waals surface area contributed by atoms with Gasteiger partial charge in [0.15, 0.2) is 0 Å². The summed E-state index contributed by atoms with van der Waals surface area (Å²) >= 11 is 0. The Morgan fingerprint density at radius 3 is 2.70 bits per heavy atom. The zero-order valence-electron chi connectivity index (χ0n) is 11.7.